The predicted octanol–water partition coefficient (Wildman–Crippen LogP) is 6.93. The van der Waals surface area contributed by atoms with Gasteiger partial charge in [-0.05, 0) is 85.4 Å². The van der Waals surface area contributed by atoms with Crippen LogP contribution in [0.25, 0.3) is 0 Å². The molecule has 0 amide bonds. The first-order valence-corrected chi connectivity index (χ1v) is 12.2. The molecule has 28 heavy (non-hydrogen) atoms. The predicted molar refractivity (Wildman–Crippen MR) is 115 cm³/mol. The summed E-state index contributed by atoms with van der Waals surface area (Å²) < 4.78 is 5.73. The van der Waals surface area contributed by atoms with E-state index in [0.717, 1.165) is 42.4 Å². The molecule has 2 nitrogen and oxygen atoms in total. The Labute approximate surface area is 172 Å². The average molecular weight is 387 g/mol. The minimum Gasteiger partial charge on any atom is -0.462 e. The summed E-state index contributed by atoms with van der Waals surface area (Å²) in [5.41, 5.74) is 2.55. The molecule has 0 aromatic heterocycles. The smallest absolute Gasteiger partial charge is 0.305 e. The lowest BCUT2D eigenvalue weighted by atomic mass is 9.47. The first-order chi connectivity index (χ1) is 13.3. The molecule has 2 heteroatoms. The lowest BCUT2D eigenvalue weighted by Gasteiger charge is -2.58. The van der Waals surface area contributed by atoms with E-state index in [4.69, 9.17) is 4.74 Å². The fourth-order valence-electron chi connectivity index (χ4n) is 8.26. The molecule has 4 aliphatic rings. The van der Waals surface area contributed by atoms with Crippen molar-refractivity contribution in [2.75, 3.05) is 0 Å². The SMILES string of the molecule is CCC(=O)OC1CCC2(C)C(=CCC3C2CCC2(C)C(C(C)CC)CCC32)C1. The van der Waals surface area contributed by atoms with Gasteiger partial charge in [-0.15, -0.1) is 0 Å². The Morgan fingerprint density at radius 3 is 2.64 bits per heavy atom. The van der Waals surface area contributed by atoms with Gasteiger partial charge >= 0.3 is 5.97 Å². The number of hydrogen-bond donors (Lipinski definition) is 0. The second-order valence-electron chi connectivity index (χ2n) is 11.1. The van der Waals surface area contributed by atoms with Crippen molar-refractivity contribution in [3.8, 4) is 0 Å². The second-order valence-corrected chi connectivity index (χ2v) is 11.1. The molecular formula is C26H42O2. The number of hydrogen-bond acceptors (Lipinski definition) is 2. The fourth-order valence-corrected chi connectivity index (χ4v) is 8.26. The standard InChI is InChI=1S/C26H42O2/c1-6-17(3)21-10-11-22-20-9-8-18-16-19(28-24(27)7-2)12-14-25(18,4)23(20)13-15-26(21,22)5/h8,17,19-23H,6-7,9-16H2,1-5H3. The van der Waals surface area contributed by atoms with E-state index in [0.29, 0.717) is 17.3 Å². The van der Waals surface area contributed by atoms with Crippen LogP contribution in [0.15, 0.2) is 11.6 Å². The van der Waals surface area contributed by atoms with E-state index in [1.807, 2.05) is 6.92 Å². The molecule has 0 saturated heterocycles. The van der Waals surface area contributed by atoms with Gasteiger partial charge in [0.25, 0.3) is 0 Å². The largest absolute Gasteiger partial charge is 0.462 e. The Bertz CT molecular complexity index is 636. The molecule has 158 valence electrons. The maximum Gasteiger partial charge on any atom is 0.305 e. The highest BCUT2D eigenvalue weighted by molar-refractivity contribution is 5.69. The van der Waals surface area contributed by atoms with Crippen LogP contribution in [0.2, 0.25) is 0 Å². The molecule has 8 unspecified atom stereocenters. The summed E-state index contributed by atoms with van der Waals surface area (Å²) in [4.78, 5) is 11.8. The van der Waals surface area contributed by atoms with Crippen LogP contribution >= 0.6 is 0 Å². The van der Waals surface area contributed by atoms with Crippen molar-refractivity contribution in [2.24, 2.45) is 40.4 Å². The van der Waals surface area contributed by atoms with Crippen LogP contribution in [0.1, 0.15) is 98.8 Å². The van der Waals surface area contributed by atoms with Crippen molar-refractivity contribution < 1.29 is 9.53 Å². The van der Waals surface area contributed by atoms with Gasteiger partial charge in [-0.2, -0.15) is 0 Å². The summed E-state index contributed by atoms with van der Waals surface area (Å²) in [6.07, 6.45) is 14.8. The van der Waals surface area contributed by atoms with Crippen LogP contribution < -0.4 is 0 Å². The quantitative estimate of drug-likeness (QED) is 0.386. The summed E-state index contributed by atoms with van der Waals surface area (Å²) in [6, 6.07) is 0. The van der Waals surface area contributed by atoms with E-state index >= 15 is 0 Å². The van der Waals surface area contributed by atoms with Crippen molar-refractivity contribution in [2.45, 2.75) is 105 Å². The third kappa shape index (κ3) is 3.08. The Morgan fingerprint density at radius 2 is 1.93 bits per heavy atom. The van der Waals surface area contributed by atoms with Gasteiger partial charge in [0.15, 0.2) is 0 Å². The summed E-state index contributed by atoms with van der Waals surface area (Å²) in [5, 5.41) is 0. The first kappa shape index (κ1) is 20.5. The minimum atomic E-state index is -0.0293. The van der Waals surface area contributed by atoms with Crippen LogP contribution in [-0.2, 0) is 9.53 Å². The summed E-state index contributed by atoms with van der Waals surface area (Å²) in [6.45, 7) is 12.0. The number of allylic oxidation sites excluding steroid dienone is 1. The van der Waals surface area contributed by atoms with Gasteiger partial charge in [-0.1, -0.05) is 52.7 Å². The number of ether oxygens (including phenoxy) is 1. The lowest BCUT2D eigenvalue weighted by Crippen LogP contribution is -2.51. The number of carbonyl (C=O) groups is 1. The third-order valence-electron chi connectivity index (χ3n) is 10.0. The van der Waals surface area contributed by atoms with E-state index < -0.39 is 0 Å². The summed E-state index contributed by atoms with van der Waals surface area (Å²) in [7, 11) is 0. The molecule has 3 fully saturated rings. The second kappa shape index (κ2) is 7.47. The zero-order chi connectivity index (χ0) is 20.1. The maximum atomic E-state index is 11.8. The third-order valence-corrected chi connectivity index (χ3v) is 10.0. The van der Waals surface area contributed by atoms with Gasteiger partial charge < -0.3 is 4.74 Å². The van der Waals surface area contributed by atoms with Crippen LogP contribution in [0.4, 0.5) is 0 Å². The molecule has 0 N–H and O–H groups in total. The fraction of sp³-hybridized carbons (Fsp3) is 0.885. The minimum absolute atomic E-state index is 0.0293. The molecule has 0 aromatic carbocycles. The lowest BCUT2D eigenvalue weighted by molar-refractivity contribution is -0.151. The van der Waals surface area contributed by atoms with Gasteiger partial charge in [0, 0.05) is 12.8 Å². The molecule has 8 atom stereocenters. The zero-order valence-corrected chi connectivity index (χ0v) is 18.9. The average Bonchev–Trinajstić information content (AvgIpc) is 3.04. The zero-order valence-electron chi connectivity index (χ0n) is 18.9. The maximum absolute atomic E-state index is 11.8. The van der Waals surface area contributed by atoms with E-state index in [1.165, 1.54) is 44.9 Å². The molecule has 0 aromatic rings. The first-order valence-electron chi connectivity index (χ1n) is 12.2. The van der Waals surface area contributed by atoms with E-state index in [-0.39, 0.29) is 12.1 Å². The van der Waals surface area contributed by atoms with Crippen molar-refractivity contribution in [1.82, 2.24) is 0 Å². The van der Waals surface area contributed by atoms with Crippen LogP contribution in [0.5, 0.6) is 0 Å². The molecule has 0 spiro atoms. The van der Waals surface area contributed by atoms with Gasteiger partial charge in [0.1, 0.15) is 6.10 Å². The Hall–Kier alpha value is -0.790. The highest BCUT2D eigenvalue weighted by Crippen LogP contribution is 2.67. The Kier molecular flexibility index (Phi) is 5.47. The van der Waals surface area contributed by atoms with Gasteiger partial charge in [-0.25, -0.2) is 0 Å². The van der Waals surface area contributed by atoms with Gasteiger partial charge in [0.2, 0.25) is 0 Å². The van der Waals surface area contributed by atoms with Crippen molar-refractivity contribution in [1.29, 1.82) is 0 Å². The van der Waals surface area contributed by atoms with E-state index in [2.05, 4.69) is 33.8 Å². The molecule has 4 rings (SSSR count). The van der Waals surface area contributed by atoms with Gasteiger partial charge in [0.05, 0.1) is 0 Å². The molecular weight excluding hydrogens is 344 g/mol. The van der Waals surface area contributed by atoms with Crippen LogP contribution in [0.3, 0.4) is 0 Å². The van der Waals surface area contributed by atoms with E-state index in [1.54, 1.807) is 5.57 Å². The van der Waals surface area contributed by atoms with Crippen LogP contribution in [-0.4, -0.2) is 12.1 Å². The molecule has 0 heterocycles. The van der Waals surface area contributed by atoms with Crippen molar-refractivity contribution >= 4 is 5.97 Å². The molecule has 3 saturated carbocycles. The molecule has 4 aliphatic carbocycles. The molecule has 0 radical (unpaired) electrons. The number of fused-ring (bicyclic) bond motifs is 5. The van der Waals surface area contributed by atoms with Gasteiger partial charge in [-0.3, -0.25) is 4.79 Å². The number of esters is 1. The number of rotatable bonds is 4. The van der Waals surface area contributed by atoms with Crippen LogP contribution in [0, 0.1) is 40.4 Å². The summed E-state index contributed by atoms with van der Waals surface area (Å²) in [5.74, 6) is 4.45. The normalized spacial score (nSPS) is 46.0. The Morgan fingerprint density at radius 1 is 1.14 bits per heavy atom. The monoisotopic (exact) mass is 386 g/mol. The van der Waals surface area contributed by atoms with Crippen molar-refractivity contribution in [3.05, 3.63) is 11.6 Å². The molecule has 0 bridgehead atoms. The number of carbonyl (C=O) groups excluding carboxylic acids is 1. The topological polar surface area (TPSA) is 26.3 Å². The highest BCUT2D eigenvalue weighted by Gasteiger charge is 2.59. The van der Waals surface area contributed by atoms with E-state index in [9.17, 15) is 4.79 Å². The molecule has 0 aliphatic heterocycles. The highest BCUT2D eigenvalue weighted by atomic mass is 16.5. The Balaban J connectivity index is 1.54. The van der Waals surface area contributed by atoms with Crippen molar-refractivity contribution in [3.63, 3.8) is 0 Å². The summed E-state index contributed by atoms with van der Waals surface area (Å²) >= 11 is 0.